The van der Waals surface area contributed by atoms with Crippen LogP contribution < -0.4 is 21.5 Å². The van der Waals surface area contributed by atoms with E-state index in [9.17, 15) is 0 Å². The molecular weight excluding hydrogens is 266 g/mol. The van der Waals surface area contributed by atoms with E-state index in [-0.39, 0.29) is 0 Å². The fourth-order valence-corrected chi connectivity index (χ4v) is 3.17. The van der Waals surface area contributed by atoms with Crippen molar-refractivity contribution in [3.05, 3.63) is 0 Å². The van der Waals surface area contributed by atoms with Crippen LogP contribution in [-0.2, 0) is 0 Å². The lowest BCUT2D eigenvalue weighted by atomic mass is 9.67. The van der Waals surface area contributed by atoms with Gasteiger partial charge in [-0.05, 0) is 37.5 Å². The van der Waals surface area contributed by atoms with Crippen molar-refractivity contribution in [2.75, 3.05) is 35.3 Å². The number of anilines is 3. The summed E-state index contributed by atoms with van der Waals surface area (Å²) in [5, 5.41) is 3.39. The van der Waals surface area contributed by atoms with Gasteiger partial charge in [-0.2, -0.15) is 15.0 Å². The maximum atomic E-state index is 5.48. The first-order valence-corrected chi connectivity index (χ1v) is 7.96. The van der Waals surface area contributed by atoms with Gasteiger partial charge in [0.2, 0.25) is 17.8 Å². The normalized spacial score (nSPS) is 20.2. The molecule has 0 bridgehead atoms. The van der Waals surface area contributed by atoms with Crippen LogP contribution in [0.1, 0.15) is 45.4 Å². The van der Waals surface area contributed by atoms with Crippen LogP contribution in [0, 0.1) is 5.41 Å². The van der Waals surface area contributed by atoms with Crippen molar-refractivity contribution in [3.8, 4) is 0 Å². The average molecular weight is 291 g/mol. The molecule has 0 aromatic carbocycles. The van der Waals surface area contributed by atoms with E-state index in [0.717, 1.165) is 25.6 Å². The molecule has 7 heteroatoms. The van der Waals surface area contributed by atoms with Gasteiger partial charge in [-0.15, -0.1) is 0 Å². The van der Waals surface area contributed by atoms with Gasteiger partial charge in [0, 0.05) is 19.6 Å². The number of hydrogen-bond donors (Lipinski definition) is 3. The van der Waals surface area contributed by atoms with E-state index in [4.69, 9.17) is 5.84 Å². The van der Waals surface area contributed by atoms with Gasteiger partial charge in [-0.3, -0.25) is 5.43 Å². The Kier molecular flexibility index (Phi) is 4.10. The Morgan fingerprint density at radius 3 is 2.38 bits per heavy atom. The lowest BCUT2D eigenvalue weighted by Gasteiger charge is -2.41. The first kappa shape index (κ1) is 14.3. The first-order valence-electron chi connectivity index (χ1n) is 7.96. The van der Waals surface area contributed by atoms with E-state index in [1.165, 1.54) is 38.5 Å². The number of hydrazine groups is 1. The summed E-state index contributed by atoms with van der Waals surface area (Å²) in [6.45, 7) is 5.20. The molecule has 7 nitrogen and oxygen atoms in total. The van der Waals surface area contributed by atoms with Crippen molar-refractivity contribution in [2.24, 2.45) is 11.3 Å². The SMILES string of the molecule is CCC1(CNc2nc(NN)nc(N3CCCC3)n2)CCC1. The van der Waals surface area contributed by atoms with Crippen LogP contribution >= 0.6 is 0 Å². The van der Waals surface area contributed by atoms with E-state index < -0.39 is 0 Å². The maximum absolute atomic E-state index is 5.48. The third kappa shape index (κ3) is 3.02. The van der Waals surface area contributed by atoms with Crippen molar-refractivity contribution in [2.45, 2.75) is 45.4 Å². The molecule has 0 unspecified atom stereocenters. The molecule has 21 heavy (non-hydrogen) atoms. The topological polar surface area (TPSA) is 92.0 Å². The third-order valence-corrected chi connectivity index (χ3v) is 4.93. The van der Waals surface area contributed by atoms with E-state index in [1.807, 2.05) is 0 Å². The van der Waals surface area contributed by atoms with Gasteiger partial charge in [-0.1, -0.05) is 13.3 Å². The van der Waals surface area contributed by atoms with E-state index in [0.29, 0.717) is 17.3 Å². The number of nitrogens with two attached hydrogens (primary N) is 1. The Morgan fingerprint density at radius 1 is 1.10 bits per heavy atom. The average Bonchev–Trinajstić information content (AvgIpc) is 3.00. The van der Waals surface area contributed by atoms with Crippen LogP contribution in [0.2, 0.25) is 0 Å². The molecule has 1 saturated carbocycles. The Morgan fingerprint density at radius 2 is 1.81 bits per heavy atom. The van der Waals surface area contributed by atoms with Gasteiger partial charge in [0.15, 0.2) is 0 Å². The second kappa shape index (κ2) is 6.01. The molecule has 1 saturated heterocycles. The highest BCUT2D eigenvalue weighted by Gasteiger charge is 2.35. The molecule has 116 valence electrons. The van der Waals surface area contributed by atoms with Crippen LogP contribution in [0.15, 0.2) is 0 Å². The van der Waals surface area contributed by atoms with Crippen molar-refractivity contribution in [1.29, 1.82) is 0 Å². The maximum Gasteiger partial charge on any atom is 0.243 e. The minimum absolute atomic E-state index is 0.425. The van der Waals surface area contributed by atoms with Gasteiger partial charge in [0.1, 0.15) is 0 Å². The number of aromatic nitrogens is 3. The lowest BCUT2D eigenvalue weighted by Crippen LogP contribution is -2.36. The number of nitrogen functional groups attached to an aromatic ring is 1. The molecule has 3 rings (SSSR count). The Hall–Kier alpha value is -1.63. The van der Waals surface area contributed by atoms with Crippen molar-refractivity contribution in [1.82, 2.24) is 15.0 Å². The summed E-state index contributed by atoms with van der Waals surface area (Å²) >= 11 is 0. The standard InChI is InChI=1S/C14H25N7/c1-2-14(6-5-7-14)10-16-11-17-12(20-15)19-13(18-11)21-8-3-4-9-21/h2-10,15H2,1H3,(H2,16,17,18,19,20). The highest BCUT2D eigenvalue weighted by Crippen LogP contribution is 2.43. The second-order valence-electron chi connectivity index (χ2n) is 6.18. The van der Waals surface area contributed by atoms with E-state index in [2.05, 4.69) is 37.5 Å². The molecule has 0 atom stereocenters. The minimum atomic E-state index is 0.425. The van der Waals surface area contributed by atoms with Gasteiger partial charge < -0.3 is 10.2 Å². The summed E-state index contributed by atoms with van der Waals surface area (Å²) in [5.41, 5.74) is 2.97. The third-order valence-electron chi connectivity index (χ3n) is 4.93. The zero-order valence-electron chi connectivity index (χ0n) is 12.7. The zero-order valence-corrected chi connectivity index (χ0v) is 12.7. The van der Waals surface area contributed by atoms with E-state index in [1.54, 1.807) is 0 Å². The summed E-state index contributed by atoms with van der Waals surface area (Å²) in [5.74, 6) is 7.25. The molecule has 1 aliphatic carbocycles. The first-order chi connectivity index (χ1) is 10.2. The van der Waals surface area contributed by atoms with Crippen LogP contribution in [0.3, 0.4) is 0 Å². The second-order valence-corrected chi connectivity index (χ2v) is 6.18. The summed E-state index contributed by atoms with van der Waals surface area (Å²) < 4.78 is 0. The fourth-order valence-electron chi connectivity index (χ4n) is 3.17. The van der Waals surface area contributed by atoms with Gasteiger partial charge in [0.25, 0.3) is 0 Å². The smallest absolute Gasteiger partial charge is 0.243 e. The molecule has 1 aromatic rings. The molecule has 0 spiro atoms. The van der Waals surface area contributed by atoms with Crippen molar-refractivity contribution < 1.29 is 0 Å². The van der Waals surface area contributed by atoms with Crippen molar-refractivity contribution >= 4 is 17.8 Å². The Labute approximate surface area is 125 Å². The van der Waals surface area contributed by atoms with Gasteiger partial charge in [-0.25, -0.2) is 5.84 Å². The molecule has 0 amide bonds. The quantitative estimate of drug-likeness (QED) is 0.543. The monoisotopic (exact) mass is 291 g/mol. The number of nitrogens with one attached hydrogen (secondary N) is 2. The highest BCUT2D eigenvalue weighted by molar-refractivity contribution is 5.44. The number of rotatable bonds is 6. The van der Waals surface area contributed by atoms with Crippen LogP contribution in [0.5, 0.6) is 0 Å². The predicted molar refractivity (Wildman–Crippen MR) is 84.1 cm³/mol. The molecule has 2 fully saturated rings. The molecule has 2 aliphatic rings. The predicted octanol–water partition coefficient (Wildman–Crippen LogP) is 1.75. The molecule has 1 aliphatic heterocycles. The molecule has 1 aromatic heterocycles. The Bertz CT molecular complexity index is 475. The zero-order chi connectivity index (χ0) is 14.7. The summed E-state index contributed by atoms with van der Waals surface area (Å²) in [6, 6.07) is 0. The fraction of sp³-hybridized carbons (Fsp3) is 0.786. The molecule has 4 N–H and O–H groups in total. The lowest BCUT2D eigenvalue weighted by molar-refractivity contribution is 0.144. The molecular formula is C14H25N7. The highest BCUT2D eigenvalue weighted by atomic mass is 15.4. The van der Waals surface area contributed by atoms with Gasteiger partial charge in [0.05, 0.1) is 0 Å². The van der Waals surface area contributed by atoms with Crippen LogP contribution in [0.25, 0.3) is 0 Å². The number of hydrogen-bond acceptors (Lipinski definition) is 7. The van der Waals surface area contributed by atoms with Gasteiger partial charge >= 0.3 is 0 Å². The van der Waals surface area contributed by atoms with Crippen molar-refractivity contribution in [3.63, 3.8) is 0 Å². The molecule has 0 radical (unpaired) electrons. The Balaban J connectivity index is 1.72. The van der Waals surface area contributed by atoms with Crippen LogP contribution in [-0.4, -0.2) is 34.6 Å². The summed E-state index contributed by atoms with van der Waals surface area (Å²) in [6.07, 6.45) is 7.51. The van der Waals surface area contributed by atoms with E-state index >= 15 is 0 Å². The van der Waals surface area contributed by atoms with Crippen LogP contribution in [0.4, 0.5) is 17.8 Å². The summed E-state index contributed by atoms with van der Waals surface area (Å²) in [7, 11) is 0. The largest absolute Gasteiger partial charge is 0.353 e. The number of nitrogens with zero attached hydrogens (tertiary/aromatic N) is 4. The minimum Gasteiger partial charge on any atom is -0.353 e. The summed E-state index contributed by atoms with van der Waals surface area (Å²) in [4.78, 5) is 15.4. The molecule has 2 heterocycles.